The van der Waals surface area contributed by atoms with E-state index < -0.39 is 5.54 Å². The number of ether oxygens (including phenoxy) is 1. The van der Waals surface area contributed by atoms with Crippen molar-refractivity contribution in [1.29, 1.82) is 0 Å². The van der Waals surface area contributed by atoms with Crippen molar-refractivity contribution in [3.8, 4) is 0 Å². The van der Waals surface area contributed by atoms with E-state index in [-0.39, 0.29) is 18.0 Å². The van der Waals surface area contributed by atoms with Crippen LogP contribution in [0.15, 0.2) is 0 Å². The van der Waals surface area contributed by atoms with Gasteiger partial charge in [0.15, 0.2) is 0 Å². The molecule has 1 spiro atoms. The number of amides is 3. The molecule has 5 nitrogen and oxygen atoms in total. The maximum Gasteiger partial charge on any atom is 0.322 e. The molecular formula is C10H16N2O3. The van der Waals surface area contributed by atoms with Crippen LogP contribution in [0.5, 0.6) is 0 Å². The summed E-state index contributed by atoms with van der Waals surface area (Å²) in [5.41, 5.74) is -0.718. The molecule has 2 N–H and O–H groups in total. The zero-order chi connectivity index (χ0) is 11.1. The van der Waals surface area contributed by atoms with Crippen LogP contribution < -0.4 is 10.6 Å². The Kier molecular flexibility index (Phi) is 2.42. The zero-order valence-corrected chi connectivity index (χ0v) is 9.00. The number of rotatable bonds is 1. The molecule has 84 valence electrons. The number of nitrogens with one attached hydrogen (secondary N) is 2. The number of carbonyl (C=O) groups is 2. The zero-order valence-electron chi connectivity index (χ0n) is 9.00. The van der Waals surface area contributed by atoms with Gasteiger partial charge in [0.2, 0.25) is 0 Å². The molecule has 2 rings (SSSR count). The molecule has 2 aliphatic heterocycles. The topological polar surface area (TPSA) is 67.4 Å². The van der Waals surface area contributed by atoms with Gasteiger partial charge in [0.25, 0.3) is 5.91 Å². The van der Waals surface area contributed by atoms with E-state index in [4.69, 9.17) is 4.74 Å². The van der Waals surface area contributed by atoms with Crippen molar-refractivity contribution < 1.29 is 14.3 Å². The summed E-state index contributed by atoms with van der Waals surface area (Å²) in [4.78, 5) is 22.8. The summed E-state index contributed by atoms with van der Waals surface area (Å²) in [6.07, 6.45) is 1.18. The SMILES string of the molecule is CC(C)C1CC2(CCO1)NC(=O)NC2=O. The first-order valence-electron chi connectivity index (χ1n) is 5.29. The molecule has 2 saturated heterocycles. The van der Waals surface area contributed by atoms with Crippen molar-refractivity contribution in [3.63, 3.8) is 0 Å². The Balaban J connectivity index is 2.15. The monoisotopic (exact) mass is 212 g/mol. The predicted octanol–water partition coefficient (Wildman–Crippen LogP) is 0.400. The molecule has 5 heteroatoms. The molecule has 3 amide bonds. The molecule has 0 saturated carbocycles. The maximum absolute atomic E-state index is 11.7. The van der Waals surface area contributed by atoms with E-state index in [1.54, 1.807) is 0 Å². The van der Waals surface area contributed by atoms with Crippen LogP contribution in [0.2, 0.25) is 0 Å². The first kappa shape index (κ1) is 10.4. The van der Waals surface area contributed by atoms with Crippen LogP contribution in [-0.4, -0.2) is 30.2 Å². The second-order valence-electron chi connectivity index (χ2n) is 4.60. The molecule has 2 atom stereocenters. The Morgan fingerprint density at radius 1 is 1.47 bits per heavy atom. The van der Waals surface area contributed by atoms with Crippen molar-refractivity contribution in [2.45, 2.75) is 38.3 Å². The van der Waals surface area contributed by atoms with Crippen LogP contribution in [-0.2, 0) is 9.53 Å². The fraction of sp³-hybridized carbons (Fsp3) is 0.800. The van der Waals surface area contributed by atoms with Crippen molar-refractivity contribution >= 4 is 11.9 Å². The van der Waals surface area contributed by atoms with Crippen LogP contribution in [0, 0.1) is 5.92 Å². The molecule has 0 bridgehead atoms. The molecule has 0 aromatic carbocycles. The van der Waals surface area contributed by atoms with Gasteiger partial charge in [0.05, 0.1) is 6.10 Å². The smallest absolute Gasteiger partial charge is 0.322 e. The third-order valence-electron chi connectivity index (χ3n) is 3.17. The van der Waals surface area contributed by atoms with Gasteiger partial charge in [0.1, 0.15) is 5.54 Å². The van der Waals surface area contributed by atoms with Gasteiger partial charge < -0.3 is 10.1 Å². The number of hydrogen-bond acceptors (Lipinski definition) is 3. The number of carbonyl (C=O) groups excluding carboxylic acids is 2. The number of urea groups is 1. The minimum atomic E-state index is -0.718. The Morgan fingerprint density at radius 2 is 2.20 bits per heavy atom. The van der Waals surface area contributed by atoms with Gasteiger partial charge in [-0.05, 0) is 5.92 Å². The molecule has 2 aliphatic rings. The lowest BCUT2D eigenvalue weighted by Gasteiger charge is -2.37. The fourth-order valence-electron chi connectivity index (χ4n) is 2.16. The summed E-state index contributed by atoms with van der Waals surface area (Å²) >= 11 is 0. The lowest BCUT2D eigenvalue weighted by molar-refractivity contribution is -0.131. The predicted molar refractivity (Wildman–Crippen MR) is 53.2 cm³/mol. The standard InChI is InChI=1S/C10H16N2O3/c1-6(2)7-5-10(3-4-15-7)8(13)11-9(14)12-10/h6-7H,3-5H2,1-2H3,(H2,11,12,13,14). The first-order chi connectivity index (χ1) is 7.03. The average molecular weight is 212 g/mol. The highest BCUT2D eigenvalue weighted by atomic mass is 16.5. The molecule has 15 heavy (non-hydrogen) atoms. The van der Waals surface area contributed by atoms with Gasteiger partial charge in [-0.1, -0.05) is 13.8 Å². The van der Waals surface area contributed by atoms with Crippen molar-refractivity contribution in [2.75, 3.05) is 6.61 Å². The molecule has 0 radical (unpaired) electrons. The second-order valence-corrected chi connectivity index (χ2v) is 4.60. The van der Waals surface area contributed by atoms with Gasteiger partial charge >= 0.3 is 6.03 Å². The van der Waals surface area contributed by atoms with E-state index in [9.17, 15) is 9.59 Å². The van der Waals surface area contributed by atoms with Gasteiger partial charge in [-0.15, -0.1) is 0 Å². The van der Waals surface area contributed by atoms with Gasteiger partial charge in [-0.3, -0.25) is 10.1 Å². The van der Waals surface area contributed by atoms with E-state index in [1.165, 1.54) is 0 Å². The summed E-state index contributed by atoms with van der Waals surface area (Å²) < 4.78 is 5.58. The van der Waals surface area contributed by atoms with Crippen LogP contribution in [0.25, 0.3) is 0 Å². The third-order valence-corrected chi connectivity index (χ3v) is 3.17. The largest absolute Gasteiger partial charge is 0.378 e. The highest BCUT2D eigenvalue weighted by Gasteiger charge is 2.49. The maximum atomic E-state index is 11.7. The summed E-state index contributed by atoms with van der Waals surface area (Å²) in [5, 5.41) is 5.02. The van der Waals surface area contributed by atoms with Crippen LogP contribution in [0.3, 0.4) is 0 Å². The summed E-state index contributed by atoms with van der Waals surface area (Å²) in [7, 11) is 0. The van der Waals surface area contributed by atoms with E-state index >= 15 is 0 Å². The summed E-state index contributed by atoms with van der Waals surface area (Å²) in [6.45, 7) is 4.63. The van der Waals surface area contributed by atoms with E-state index in [0.717, 1.165) is 0 Å². The quantitative estimate of drug-likeness (QED) is 0.618. The highest BCUT2D eigenvalue weighted by molar-refractivity contribution is 6.07. The second kappa shape index (κ2) is 3.48. The normalized spacial score (nSPS) is 35.8. The van der Waals surface area contributed by atoms with E-state index in [2.05, 4.69) is 24.5 Å². The van der Waals surface area contributed by atoms with Gasteiger partial charge in [-0.2, -0.15) is 0 Å². The van der Waals surface area contributed by atoms with Crippen molar-refractivity contribution in [3.05, 3.63) is 0 Å². The molecular weight excluding hydrogens is 196 g/mol. The van der Waals surface area contributed by atoms with Gasteiger partial charge in [-0.25, -0.2) is 4.79 Å². The molecule has 2 fully saturated rings. The Bertz CT molecular complexity index is 303. The lowest BCUT2D eigenvalue weighted by Crippen LogP contribution is -2.54. The van der Waals surface area contributed by atoms with Crippen LogP contribution >= 0.6 is 0 Å². The molecule has 2 heterocycles. The average Bonchev–Trinajstić information content (AvgIpc) is 2.41. The molecule has 2 unspecified atom stereocenters. The van der Waals surface area contributed by atoms with E-state index in [0.29, 0.717) is 25.4 Å². The number of hydrogen-bond donors (Lipinski definition) is 2. The Morgan fingerprint density at radius 3 is 2.73 bits per heavy atom. The molecule has 0 aromatic heterocycles. The van der Waals surface area contributed by atoms with Crippen molar-refractivity contribution in [2.24, 2.45) is 5.92 Å². The lowest BCUT2D eigenvalue weighted by atomic mass is 9.83. The first-order valence-corrected chi connectivity index (χ1v) is 5.29. The van der Waals surface area contributed by atoms with Crippen molar-refractivity contribution in [1.82, 2.24) is 10.6 Å². The van der Waals surface area contributed by atoms with Crippen LogP contribution in [0.1, 0.15) is 26.7 Å². The van der Waals surface area contributed by atoms with Crippen LogP contribution in [0.4, 0.5) is 4.79 Å². The molecule has 0 aromatic rings. The summed E-state index contributed by atoms with van der Waals surface area (Å²) in [5.74, 6) is 0.147. The Hall–Kier alpha value is -1.10. The highest BCUT2D eigenvalue weighted by Crippen LogP contribution is 2.30. The minimum absolute atomic E-state index is 0.0444. The van der Waals surface area contributed by atoms with E-state index in [1.807, 2.05) is 0 Å². The Labute approximate surface area is 88.5 Å². The summed E-state index contributed by atoms with van der Waals surface area (Å²) in [6, 6.07) is -0.385. The minimum Gasteiger partial charge on any atom is -0.378 e. The fourth-order valence-corrected chi connectivity index (χ4v) is 2.16. The molecule has 0 aliphatic carbocycles. The van der Waals surface area contributed by atoms with Gasteiger partial charge in [0, 0.05) is 19.4 Å². The third kappa shape index (κ3) is 1.71. The number of imide groups is 1.